The number of azo groups is 1. The number of carboxylic acids is 1. The van der Waals surface area contributed by atoms with E-state index in [9.17, 15) is 28.2 Å². The van der Waals surface area contributed by atoms with Crippen molar-refractivity contribution >= 4 is 49.9 Å². The normalized spacial score (nSPS) is 11.4. The first-order valence-electron chi connectivity index (χ1n) is 9.98. The Balaban J connectivity index is 0.00000432. The van der Waals surface area contributed by atoms with Gasteiger partial charge in [0, 0.05) is 11.6 Å². The molecule has 11 nitrogen and oxygen atoms in total. The van der Waals surface area contributed by atoms with E-state index in [-0.39, 0.29) is 86.6 Å². The van der Waals surface area contributed by atoms with Gasteiger partial charge in [0.2, 0.25) is 0 Å². The third kappa shape index (κ3) is 6.16. The molecular weight excluding hydrogens is 489 g/mol. The van der Waals surface area contributed by atoms with Crippen LogP contribution in [0.2, 0.25) is 0 Å². The van der Waals surface area contributed by atoms with Crippen molar-refractivity contribution in [2.75, 3.05) is 18.9 Å². The van der Waals surface area contributed by atoms with E-state index in [2.05, 4.69) is 10.2 Å². The minimum Gasteiger partial charge on any atom is -0.545 e. The predicted molar refractivity (Wildman–Crippen MR) is 120 cm³/mol. The Morgan fingerprint density at radius 3 is 2.40 bits per heavy atom. The van der Waals surface area contributed by atoms with Gasteiger partial charge in [0.25, 0.3) is 10.1 Å². The van der Waals surface area contributed by atoms with Crippen LogP contribution in [0.4, 0.5) is 17.1 Å². The molecule has 0 atom stereocenters. The number of nitrogen functional groups attached to an aromatic ring is 1. The Bertz CT molecular complexity index is 1420. The van der Waals surface area contributed by atoms with E-state index in [1.807, 2.05) is 0 Å². The van der Waals surface area contributed by atoms with E-state index in [0.717, 1.165) is 12.1 Å². The Kier molecular flexibility index (Phi) is 9.35. The number of carbonyl (C=O) groups excluding carboxylic acids is 2. The number of carboxylic acid groups (broad SMARTS) is 1. The fourth-order valence-corrected chi connectivity index (χ4v) is 4.10. The van der Waals surface area contributed by atoms with Crippen molar-refractivity contribution in [2.45, 2.75) is 18.7 Å². The summed E-state index contributed by atoms with van der Waals surface area (Å²) in [4.78, 5) is 23.2. The van der Waals surface area contributed by atoms with Gasteiger partial charge in [0.1, 0.15) is 11.4 Å². The Hall–Kier alpha value is -3.03. The summed E-state index contributed by atoms with van der Waals surface area (Å²) >= 11 is 0. The van der Waals surface area contributed by atoms with Crippen molar-refractivity contribution in [1.29, 1.82) is 0 Å². The standard InChI is InChI=1S/C22H21N3O8S.Na/c1-3-32-22(29)13-5-7-15(21(27)28)17(10-13)24-25-20-16(23)8-6-12-9-14(11-18(26)19(12)20)34(30,31)33-4-2;/h5-11,26H,3-4,23H2,1-2H3,(H,27,28);/q;+1/p-1. The van der Waals surface area contributed by atoms with Crippen LogP contribution in [0.25, 0.3) is 10.8 Å². The average Bonchev–Trinajstić information content (AvgIpc) is 2.78. The zero-order valence-electron chi connectivity index (χ0n) is 19.1. The summed E-state index contributed by atoms with van der Waals surface area (Å²) in [7, 11) is -4.10. The molecule has 0 unspecified atom stereocenters. The number of fused-ring (bicyclic) bond motifs is 1. The van der Waals surface area contributed by atoms with Gasteiger partial charge in [-0.3, -0.25) is 4.18 Å². The number of phenols is 1. The molecule has 3 N–H and O–H groups in total. The predicted octanol–water partition coefficient (Wildman–Crippen LogP) is -0.188. The maximum atomic E-state index is 12.2. The van der Waals surface area contributed by atoms with Gasteiger partial charge < -0.3 is 25.5 Å². The third-order valence-electron chi connectivity index (χ3n) is 4.62. The van der Waals surface area contributed by atoms with Crippen molar-refractivity contribution in [3.8, 4) is 5.75 Å². The maximum absolute atomic E-state index is 12.2. The molecule has 0 saturated heterocycles. The van der Waals surface area contributed by atoms with Gasteiger partial charge >= 0.3 is 35.5 Å². The van der Waals surface area contributed by atoms with Crippen LogP contribution < -0.4 is 40.4 Å². The monoisotopic (exact) mass is 509 g/mol. The summed E-state index contributed by atoms with van der Waals surface area (Å²) in [5, 5.41) is 30.3. The van der Waals surface area contributed by atoms with Crippen LogP contribution in [0.3, 0.4) is 0 Å². The molecular formula is C22H20N3NaO8S. The molecule has 3 aromatic rings. The van der Waals surface area contributed by atoms with Crippen molar-refractivity contribution in [3.63, 3.8) is 0 Å². The van der Waals surface area contributed by atoms with E-state index in [0.29, 0.717) is 0 Å². The number of ether oxygens (including phenoxy) is 1. The van der Waals surface area contributed by atoms with Crippen LogP contribution in [0, 0.1) is 0 Å². The fourth-order valence-electron chi connectivity index (χ4n) is 3.12. The second kappa shape index (κ2) is 11.6. The molecule has 0 aliphatic carbocycles. The molecule has 0 amide bonds. The number of nitrogens with two attached hydrogens (primary N) is 1. The van der Waals surface area contributed by atoms with E-state index < -0.39 is 27.8 Å². The summed E-state index contributed by atoms with van der Waals surface area (Å²) in [5.41, 5.74) is 5.52. The van der Waals surface area contributed by atoms with Crippen molar-refractivity contribution < 1.29 is 66.7 Å². The van der Waals surface area contributed by atoms with Crippen LogP contribution in [0.15, 0.2) is 57.6 Å². The Morgan fingerprint density at radius 2 is 1.77 bits per heavy atom. The first-order valence-corrected chi connectivity index (χ1v) is 11.4. The number of carbonyl (C=O) groups is 2. The fraction of sp³-hybridized carbons (Fsp3) is 0.182. The molecule has 178 valence electrons. The van der Waals surface area contributed by atoms with Crippen LogP contribution in [-0.4, -0.2) is 38.7 Å². The van der Waals surface area contributed by atoms with Crippen molar-refractivity contribution in [3.05, 3.63) is 53.6 Å². The molecule has 3 rings (SSSR count). The number of hydrogen-bond donors (Lipinski definition) is 2. The molecule has 0 heterocycles. The largest absolute Gasteiger partial charge is 1.00 e. The number of nitrogens with zero attached hydrogens (tertiary/aromatic N) is 2. The van der Waals surface area contributed by atoms with Gasteiger partial charge in [-0.1, -0.05) is 12.1 Å². The van der Waals surface area contributed by atoms with E-state index in [4.69, 9.17) is 14.7 Å². The Labute approximate surface area is 223 Å². The zero-order valence-corrected chi connectivity index (χ0v) is 22.0. The quantitative estimate of drug-likeness (QED) is 0.137. The number of aromatic carboxylic acids is 1. The number of anilines is 1. The molecule has 0 bridgehead atoms. The van der Waals surface area contributed by atoms with Gasteiger partial charge in [0.05, 0.1) is 46.4 Å². The summed E-state index contributed by atoms with van der Waals surface area (Å²) < 4.78 is 34.1. The molecule has 35 heavy (non-hydrogen) atoms. The molecule has 3 aromatic carbocycles. The molecule has 0 aliphatic rings. The van der Waals surface area contributed by atoms with Crippen LogP contribution in [0.1, 0.15) is 34.6 Å². The maximum Gasteiger partial charge on any atom is 1.00 e. The number of aromatic hydroxyl groups is 1. The van der Waals surface area contributed by atoms with E-state index in [1.165, 1.54) is 37.3 Å². The average molecular weight is 509 g/mol. The summed E-state index contributed by atoms with van der Waals surface area (Å²) in [5.74, 6) is -2.70. The Morgan fingerprint density at radius 1 is 1.06 bits per heavy atom. The molecule has 0 spiro atoms. The summed E-state index contributed by atoms with van der Waals surface area (Å²) in [6.45, 7) is 3.16. The molecule has 0 aliphatic heterocycles. The van der Waals surface area contributed by atoms with Gasteiger partial charge in [-0.15, -0.1) is 10.2 Å². The van der Waals surface area contributed by atoms with Gasteiger partial charge in [-0.05, 0) is 43.5 Å². The number of hydrogen-bond acceptors (Lipinski definition) is 11. The number of phenolic OH excluding ortho intramolecular Hbond substituents is 1. The van der Waals surface area contributed by atoms with Gasteiger partial charge in [0.15, 0.2) is 0 Å². The first-order chi connectivity index (χ1) is 16.1. The SMILES string of the molecule is CCOC(=O)c1ccc(C(=O)[O-])c(N=Nc2c(N)ccc3cc(S(=O)(=O)OCC)cc(O)c23)c1.[Na+]. The number of benzene rings is 3. The molecule has 0 aromatic heterocycles. The molecule has 0 saturated carbocycles. The smallest absolute Gasteiger partial charge is 0.545 e. The number of rotatable bonds is 8. The molecule has 0 radical (unpaired) electrons. The van der Waals surface area contributed by atoms with Crippen molar-refractivity contribution in [1.82, 2.24) is 0 Å². The van der Waals surface area contributed by atoms with E-state index >= 15 is 0 Å². The molecule has 13 heteroatoms. The topological polar surface area (TPSA) is 181 Å². The number of esters is 1. The molecule has 0 fully saturated rings. The minimum absolute atomic E-state index is 0. The zero-order chi connectivity index (χ0) is 25.0. The second-order valence-corrected chi connectivity index (χ2v) is 8.46. The third-order valence-corrected chi connectivity index (χ3v) is 5.98. The van der Waals surface area contributed by atoms with Gasteiger partial charge in [-0.2, -0.15) is 8.42 Å². The first kappa shape index (κ1) is 28.2. The van der Waals surface area contributed by atoms with Crippen LogP contribution in [0.5, 0.6) is 5.75 Å². The van der Waals surface area contributed by atoms with E-state index in [1.54, 1.807) is 6.92 Å². The summed E-state index contributed by atoms with van der Waals surface area (Å²) in [6, 6.07) is 8.70. The minimum atomic E-state index is -4.10. The summed E-state index contributed by atoms with van der Waals surface area (Å²) in [6.07, 6.45) is 0. The van der Waals surface area contributed by atoms with Crippen LogP contribution >= 0.6 is 0 Å². The second-order valence-electron chi connectivity index (χ2n) is 6.84. The van der Waals surface area contributed by atoms with Crippen LogP contribution in [-0.2, 0) is 19.0 Å². The van der Waals surface area contributed by atoms with Gasteiger partial charge in [-0.25, -0.2) is 4.79 Å². The van der Waals surface area contributed by atoms with Crippen molar-refractivity contribution in [2.24, 2.45) is 10.2 Å².